The molecule has 0 aromatic heterocycles. The molecule has 2 unspecified atom stereocenters. The standard InChI is InChI=1S/C14H20BrNO2/c1-17-10-4-2-5-11(8-10)18-14-7-3-6-13(15)12(14)9-16/h3,6-7,10-11H,2,4-5,8-9,16H2,1H3. The van der Waals surface area contributed by atoms with Crippen molar-refractivity contribution in [1.82, 2.24) is 0 Å². The summed E-state index contributed by atoms with van der Waals surface area (Å²) in [7, 11) is 1.78. The fraction of sp³-hybridized carbons (Fsp3) is 0.571. The zero-order valence-electron chi connectivity index (χ0n) is 10.7. The van der Waals surface area contributed by atoms with Crippen LogP contribution in [0.5, 0.6) is 5.75 Å². The van der Waals surface area contributed by atoms with E-state index in [1.807, 2.05) is 18.2 Å². The number of hydrogen-bond donors (Lipinski definition) is 1. The molecule has 1 aromatic rings. The van der Waals surface area contributed by atoms with E-state index in [4.69, 9.17) is 15.2 Å². The quantitative estimate of drug-likeness (QED) is 0.928. The lowest BCUT2D eigenvalue weighted by Crippen LogP contribution is -2.29. The van der Waals surface area contributed by atoms with E-state index in [9.17, 15) is 0 Å². The molecule has 1 aromatic carbocycles. The largest absolute Gasteiger partial charge is 0.490 e. The van der Waals surface area contributed by atoms with Crippen LogP contribution in [0.1, 0.15) is 31.2 Å². The summed E-state index contributed by atoms with van der Waals surface area (Å²) in [5, 5.41) is 0. The molecule has 0 amide bonds. The van der Waals surface area contributed by atoms with E-state index in [2.05, 4.69) is 15.9 Å². The molecule has 0 aliphatic heterocycles. The summed E-state index contributed by atoms with van der Waals surface area (Å²) in [5.74, 6) is 0.897. The van der Waals surface area contributed by atoms with Crippen LogP contribution in [0.15, 0.2) is 22.7 Å². The van der Waals surface area contributed by atoms with Crippen molar-refractivity contribution in [1.29, 1.82) is 0 Å². The Balaban J connectivity index is 2.07. The van der Waals surface area contributed by atoms with Crippen LogP contribution in [0.3, 0.4) is 0 Å². The molecule has 3 nitrogen and oxygen atoms in total. The van der Waals surface area contributed by atoms with Gasteiger partial charge in [0.25, 0.3) is 0 Å². The van der Waals surface area contributed by atoms with Gasteiger partial charge in [0.1, 0.15) is 11.9 Å². The van der Waals surface area contributed by atoms with Crippen LogP contribution >= 0.6 is 15.9 Å². The van der Waals surface area contributed by atoms with E-state index < -0.39 is 0 Å². The second kappa shape index (κ2) is 6.55. The van der Waals surface area contributed by atoms with Crippen LogP contribution in [0.4, 0.5) is 0 Å². The molecule has 0 saturated heterocycles. The van der Waals surface area contributed by atoms with Crippen molar-refractivity contribution in [2.24, 2.45) is 5.73 Å². The molecule has 0 radical (unpaired) electrons. The number of nitrogens with two attached hydrogens (primary N) is 1. The Morgan fingerprint density at radius 1 is 1.33 bits per heavy atom. The summed E-state index contributed by atoms with van der Waals surface area (Å²) >= 11 is 3.51. The second-order valence-corrected chi connectivity index (χ2v) is 5.54. The smallest absolute Gasteiger partial charge is 0.125 e. The van der Waals surface area contributed by atoms with E-state index in [0.29, 0.717) is 12.6 Å². The highest BCUT2D eigenvalue weighted by Gasteiger charge is 2.23. The van der Waals surface area contributed by atoms with E-state index in [1.54, 1.807) is 7.11 Å². The molecular weight excluding hydrogens is 294 g/mol. The van der Waals surface area contributed by atoms with Gasteiger partial charge in [-0.3, -0.25) is 0 Å². The Kier molecular flexibility index (Phi) is 5.03. The maximum absolute atomic E-state index is 6.10. The summed E-state index contributed by atoms with van der Waals surface area (Å²) in [6, 6.07) is 5.96. The molecule has 2 N–H and O–H groups in total. The predicted molar refractivity (Wildman–Crippen MR) is 75.7 cm³/mol. The first-order valence-electron chi connectivity index (χ1n) is 6.41. The molecule has 2 rings (SSSR count). The molecule has 1 aliphatic carbocycles. The fourth-order valence-electron chi connectivity index (χ4n) is 2.45. The minimum atomic E-state index is 0.239. The number of benzene rings is 1. The van der Waals surface area contributed by atoms with Gasteiger partial charge in [-0.1, -0.05) is 22.0 Å². The van der Waals surface area contributed by atoms with Crippen molar-refractivity contribution in [3.8, 4) is 5.75 Å². The van der Waals surface area contributed by atoms with Gasteiger partial charge < -0.3 is 15.2 Å². The molecule has 0 heterocycles. The molecule has 1 fully saturated rings. The van der Waals surface area contributed by atoms with Crippen LogP contribution in [-0.2, 0) is 11.3 Å². The van der Waals surface area contributed by atoms with Crippen LogP contribution in [0.25, 0.3) is 0 Å². The molecule has 0 bridgehead atoms. The monoisotopic (exact) mass is 313 g/mol. The van der Waals surface area contributed by atoms with Gasteiger partial charge in [0.05, 0.1) is 6.10 Å². The zero-order chi connectivity index (χ0) is 13.0. The second-order valence-electron chi connectivity index (χ2n) is 4.68. The van der Waals surface area contributed by atoms with Gasteiger partial charge >= 0.3 is 0 Å². The summed E-state index contributed by atoms with van der Waals surface area (Å²) in [6.07, 6.45) is 4.93. The predicted octanol–water partition coefficient (Wildman–Crippen LogP) is 3.24. The fourth-order valence-corrected chi connectivity index (χ4v) is 2.96. The lowest BCUT2D eigenvalue weighted by Gasteiger charge is -2.29. The molecule has 1 saturated carbocycles. The molecular formula is C14H20BrNO2. The van der Waals surface area contributed by atoms with Gasteiger partial charge in [-0.25, -0.2) is 0 Å². The Bertz CT molecular complexity index is 397. The van der Waals surface area contributed by atoms with Gasteiger partial charge in [-0.2, -0.15) is 0 Å². The van der Waals surface area contributed by atoms with Crippen LogP contribution in [-0.4, -0.2) is 19.3 Å². The van der Waals surface area contributed by atoms with Gasteiger partial charge in [-0.15, -0.1) is 0 Å². The zero-order valence-corrected chi connectivity index (χ0v) is 12.3. The van der Waals surface area contributed by atoms with E-state index >= 15 is 0 Å². The lowest BCUT2D eigenvalue weighted by molar-refractivity contribution is 0.0206. The maximum atomic E-state index is 6.10. The van der Waals surface area contributed by atoms with Crippen LogP contribution < -0.4 is 10.5 Å². The summed E-state index contributed by atoms with van der Waals surface area (Å²) in [4.78, 5) is 0. The number of ether oxygens (including phenoxy) is 2. The number of methoxy groups -OCH3 is 1. The molecule has 0 spiro atoms. The van der Waals surface area contributed by atoms with Crippen molar-refractivity contribution in [2.45, 2.75) is 44.4 Å². The highest BCUT2D eigenvalue weighted by molar-refractivity contribution is 9.10. The molecule has 2 atom stereocenters. The Morgan fingerprint density at radius 3 is 2.83 bits per heavy atom. The molecule has 100 valence electrons. The highest BCUT2D eigenvalue weighted by Crippen LogP contribution is 2.30. The number of hydrogen-bond acceptors (Lipinski definition) is 3. The lowest BCUT2D eigenvalue weighted by atomic mass is 9.95. The minimum absolute atomic E-state index is 0.239. The summed E-state index contributed by atoms with van der Waals surface area (Å²) in [5.41, 5.74) is 6.81. The normalized spacial score (nSPS) is 23.9. The van der Waals surface area contributed by atoms with Gasteiger partial charge in [0.15, 0.2) is 0 Å². The number of rotatable bonds is 4. The first kappa shape index (κ1) is 13.8. The van der Waals surface area contributed by atoms with E-state index in [0.717, 1.165) is 41.5 Å². The Labute approximate surface area is 117 Å². The van der Waals surface area contributed by atoms with Crippen LogP contribution in [0.2, 0.25) is 0 Å². The van der Waals surface area contributed by atoms with Gasteiger partial charge in [0, 0.05) is 30.1 Å². The Hall–Kier alpha value is -0.580. The topological polar surface area (TPSA) is 44.5 Å². The minimum Gasteiger partial charge on any atom is -0.490 e. The average Bonchev–Trinajstić information content (AvgIpc) is 2.39. The highest BCUT2D eigenvalue weighted by atomic mass is 79.9. The van der Waals surface area contributed by atoms with Gasteiger partial charge in [0.2, 0.25) is 0 Å². The van der Waals surface area contributed by atoms with Crippen LogP contribution in [0, 0.1) is 0 Å². The Morgan fingerprint density at radius 2 is 2.11 bits per heavy atom. The first-order valence-corrected chi connectivity index (χ1v) is 7.20. The van der Waals surface area contributed by atoms with Crippen molar-refractivity contribution in [3.05, 3.63) is 28.2 Å². The third-order valence-corrected chi connectivity index (χ3v) is 4.23. The molecule has 18 heavy (non-hydrogen) atoms. The molecule has 4 heteroatoms. The maximum Gasteiger partial charge on any atom is 0.125 e. The van der Waals surface area contributed by atoms with E-state index in [1.165, 1.54) is 0 Å². The third-order valence-electron chi connectivity index (χ3n) is 3.48. The molecule has 1 aliphatic rings. The third kappa shape index (κ3) is 3.25. The number of halogens is 1. The van der Waals surface area contributed by atoms with Crippen molar-refractivity contribution in [3.63, 3.8) is 0 Å². The summed E-state index contributed by atoms with van der Waals surface area (Å²) < 4.78 is 12.5. The van der Waals surface area contributed by atoms with Crippen molar-refractivity contribution < 1.29 is 9.47 Å². The SMILES string of the molecule is COC1CCCC(Oc2cccc(Br)c2CN)C1. The van der Waals surface area contributed by atoms with Crippen molar-refractivity contribution in [2.75, 3.05) is 7.11 Å². The van der Waals surface area contributed by atoms with Gasteiger partial charge in [-0.05, 0) is 31.4 Å². The first-order chi connectivity index (χ1) is 8.74. The van der Waals surface area contributed by atoms with Crippen molar-refractivity contribution >= 4 is 15.9 Å². The van der Waals surface area contributed by atoms with E-state index in [-0.39, 0.29) is 6.10 Å². The summed E-state index contributed by atoms with van der Waals surface area (Å²) in [6.45, 7) is 0.483. The average molecular weight is 314 g/mol.